The van der Waals surface area contributed by atoms with E-state index in [9.17, 15) is 9.90 Å². The van der Waals surface area contributed by atoms with Crippen LogP contribution >= 0.6 is 0 Å². The first-order valence-electron chi connectivity index (χ1n) is 8.21. The highest BCUT2D eigenvalue weighted by atomic mass is 16.5. The van der Waals surface area contributed by atoms with Gasteiger partial charge in [0.25, 0.3) is 0 Å². The molecule has 0 aliphatic rings. The molecule has 1 N–H and O–H groups in total. The minimum absolute atomic E-state index is 0.0378. The fourth-order valence-electron chi connectivity index (χ4n) is 2.82. The Hall–Kier alpha value is -3.53. The number of rotatable bonds is 3. The highest BCUT2D eigenvalue weighted by molar-refractivity contribution is 5.80. The van der Waals surface area contributed by atoms with E-state index in [2.05, 4.69) is 0 Å². The van der Waals surface area contributed by atoms with E-state index in [0.717, 1.165) is 22.6 Å². The Morgan fingerprint density at radius 2 is 1.73 bits per heavy atom. The molecule has 1 aromatic heterocycles. The van der Waals surface area contributed by atoms with Crippen LogP contribution in [0.2, 0.25) is 0 Å². The molecule has 0 fully saturated rings. The van der Waals surface area contributed by atoms with Crippen molar-refractivity contribution in [3.63, 3.8) is 0 Å². The molecule has 4 rings (SSSR count). The molecule has 0 amide bonds. The Morgan fingerprint density at radius 3 is 2.50 bits per heavy atom. The van der Waals surface area contributed by atoms with Gasteiger partial charge in [0.05, 0.1) is 5.39 Å². The fourth-order valence-corrected chi connectivity index (χ4v) is 2.82. The topological polar surface area (TPSA) is 59.7 Å². The van der Waals surface area contributed by atoms with Crippen molar-refractivity contribution >= 4 is 11.0 Å². The van der Waals surface area contributed by atoms with E-state index in [1.807, 2.05) is 55.5 Å². The minimum Gasteiger partial charge on any atom is -0.508 e. The summed E-state index contributed by atoms with van der Waals surface area (Å²) in [5.41, 5.74) is 1.96. The SMILES string of the molecule is Cc1cc(-c2cc(=O)c3cc(O)ccc3o2)ccc1Oc1ccccc1. The first-order chi connectivity index (χ1) is 12.6. The number of aromatic hydroxyl groups is 1. The van der Waals surface area contributed by atoms with Crippen LogP contribution in [0.5, 0.6) is 17.2 Å². The number of aryl methyl sites for hydroxylation is 1. The van der Waals surface area contributed by atoms with E-state index in [0.29, 0.717) is 16.7 Å². The molecule has 4 heteroatoms. The van der Waals surface area contributed by atoms with Crippen LogP contribution in [-0.2, 0) is 0 Å². The smallest absolute Gasteiger partial charge is 0.193 e. The first kappa shape index (κ1) is 16.0. The summed E-state index contributed by atoms with van der Waals surface area (Å²) in [5, 5.41) is 9.89. The molecule has 3 aromatic carbocycles. The van der Waals surface area contributed by atoms with E-state index < -0.39 is 0 Å². The van der Waals surface area contributed by atoms with Gasteiger partial charge in [0.2, 0.25) is 0 Å². The first-order valence-corrected chi connectivity index (χ1v) is 8.21. The monoisotopic (exact) mass is 344 g/mol. The van der Waals surface area contributed by atoms with Gasteiger partial charge in [-0.3, -0.25) is 4.79 Å². The number of phenolic OH excluding ortho intramolecular Hbond substituents is 1. The number of hydrogen-bond acceptors (Lipinski definition) is 4. The number of para-hydroxylation sites is 1. The third-order valence-electron chi connectivity index (χ3n) is 4.14. The van der Waals surface area contributed by atoms with E-state index in [1.54, 1.807) is 6.07 Å². The fraction of sp³-hybridized carbons (Fsp3) is 0.0455. The quantitative estimate of drug-likeness (QED) is 0.550. The van der Waals surface area contributed by atoms with Crippen LogP contribution in [0.15, 0.2) is 82.0 Å². The zero-order chi connectivity index (χ0) is 18.1. The van der Waals surface area contributed by atoms with E-state index in [4.69, 9.17) is 9.15 Å². The molecule has 4 nitrogen and oxygen atoms in total. The Labute approximate surface area is 149 Å². The number of phenols is 1. The molecule has 0 spiro atoms. The third kappa shape index (κ3) is 3.05. The molecule has 0 bridgehead atoms. The molecule has 128 valence electrons. The van der Waals surface area contributed by atoms with Crippen LogP contribution in [0, 0.1) is 6.92 Å². The van der Waals surface area contributed by atoms with E-state index in [1.165, 1.54) is 18.2 Å². The Kier molecular flexibility index (Phi) is 3.93. The van der Waals surface area contributed by atoms with Crippen molar-refractivity contribution in [2.24, 2.45) is 0 Å². The summed E-state index contributed by atoms with van der Waals surface area (Å²) in [6.07, 6.45) is 0. The average Bonchev–Trinajstić information content (AvgIpc) is 2.65. The summed E-state index contributed by atoms with van der Waals surface area (Å²) in [7, 11) is 0. The van der Waals surface area contributed by atoms with Crippen LogP contribution in [0.25, 0.3) is 22.3 Å². The van der Waals surface area contributed by atoms with Crippen molar-refractivity contribution in [2.45, 2.75) is 6.92 Å². The van der Waals surface area contributed by atoms with E-state index in [-0.39, 0.29) is 11.2 Å². The average molecular weight is 344 g/mol. The van der Waals surface area contributed by atoms with Crippen LogP contribution in [0.1, 0.15) is 5.56 Å². The van der Waals surface area contributed by atoms with Crippen LogP contribution in [0.3, 0.4) is 0 Å². The lowest BCUT2D eigenvalue weighted by molar-refractivity contribution is 0.475. The maximum absolute atomic E-state index is 12.3. The van der Waals surface area contributed by atoms with Crippen LogP contribution < -0.4 is 10.2 Å². The lowest BCUT2D eigenvalue weighted by atomic mass is 10.1. The second-order valence-corrected chi connectivity index (χ2v) is 6.05. The van der Waals surface area contributed by atoms with Gasteiger partial charge in [-0.05, 0) is 61.0 Å². The molecule has 4 aromatic rings. The molecule has 1 heterocycles. The summed E-state index contributed by atoms with van der Waals surface area (Å²) >= 11 is 0. The van der Waals surface area contributed by atoms with Gasteiger partial charge in [-0.25, -0.2) is 0 Å². The summed E-state index contributed by atoms with van der Waals surface area (Å²) in [6.45, 7) is 1.94. The van der Waals surface area contributed by atoms with Crippen molar-refractivity contribution in [1.29, 1.82) is 0 Å². The Balaban J connectivity index is 1.72. The van der Waals surface area contributed by atoms with Crippen molar-refractivity contribution in [1.82, 2.24) is 0 Å². The van der Waals surface area contributed by atoms with Crippen molar-refractivity contribution in [3.05, 3.63) is 88.6 Å². The number of fused-ring (bicyclic) bond motifs is 1. The van der Waals surface area contributed by atoms with Gasteiger partial charge >= 0.3 is 0 Å². The summed E-state index contributed by atoms with van der Waals surface area (Å²) in [4.78, 5) is 12.3. The van der Waals surface area contributed by atoms with Crippen LogP contribution in [-0.4, -0.2) is 5.11 Å². The van der Waals surface area contributed by atoms with Gasteiger partial charge in [-0.15, -0.1) is 0 Å². The zero-order valence-corrected chi connectivity index (χ0v) is 14.1. The molecule has 0 aliphatic carbocycles. The molecule has 0 aliphatic heterocycles. The summed E-state index contributed by atoms with van der Waals surface area (Å²) < 4.78 is 11.7. The lowest BCUT2D eigenvalue weighted by Gasteiger charge is -2.10. The second kappa shape index (κ2) is 6.41. The maximum Gasteiger partial charge on any atom is 0.193 e. The number of hydrogen-bond donors (Lipinski definition) is 1. The zero-order valence-electron chi connectivity index (χ0n) is 14.1. The number of benzene rings is 3. The predicted octanol–water partition coefficient (Wildman–Crippen LogP) is 5.27. The van der Waals surface area contributed by atoms with Crippen molar-refractivity contribution in [2.75, 3.05) is 0 Å². The minimum atomic E-state index is -0.195. The van der Waals surface area contributed by atoms with E-state index >= 15 is 0 Å². The summed E-state index contributed by atoms with van der Waals surface area (Å²) in [5.74, 6) is 2.02. The molecule has 0 saturated carbocycles. The van der Waals surface area contributed by atoms with Gasteiger partial charge < -0.3 is 14.3 Å². The largest absolute Gasteiger partial charge is 0.508 e. The highest BCUT2D eigenvalue weighted by Gasteiger charge is 2.10. The highest BCUT2D eigenvalue weighted by Crippen LogP contribution is 2.30. The van der Waals surface area contributed by atoms with Gasteiger partial charge in [-0.1, -0.05) is 18.2 Å². The molecule has 0 atom stereocenters. The Morgan fingerprint density at radius 1 is 0.923 bits per heavy atom. The van der Waals surface area contributed by atoms with Gasteiger partial charge in [0.15, 0.2) is 5.43 Å². The predicted molar refractivity (Wildman–Crippen MR) is 101 cm³/mol. The molecule has 0 saturated heterocycles. The molecular formula is C22H16O4. The van der Waals surface area contributed by atoms with Gasteiger partial charge in [0.1, 0.15) is 28.6 Å². The maximum atomic E-state index is 12.3. The van der Waals surface area contributed by atoms with Gasteiger partial charge in [-0.2, -0.15) is 0 Å². The standard InChI is InChI=1S/C22H16O4/c1-14-11-15(7-9-20(14)25-17-5-3-2-4-6-17)22-13-19(24)18-12-16(23)8-10-21(18)26-22/h2-13,23H,1H3. The van der Waals surface area contributed by atoms with Crippen molar-refractivity contribution < 1.29 is 14.3 Å². The molecule has 26 heavy (non-hydrogen) atoms. The van der Waals surface area contributed by atoms with Crippen molar-refractivity contribution in [3.8, 4) is 28.6 Å². The second-order valence-electron chi connectivity index (χ2n) is 6.05. The normalized spacial score (nSPS) is 10.8. The number of ether oxygens (including phenoxy) is 1. The van der Waals surface area contributed by atoms with Gasteiger partial charge in [0, 0.05) is 11.6 Å². The summed E-state index contributed by atoms with van der Waals surface area (Å²) in [6, 6.07) is 21.1. The lowest BCUT2D eigenvalue weighted by Crippen LogP contribution is -2.00. The molecule has 0 unspecified atom stereocenters. The molecule has 0 radical (unpaired) electrons. The Bertz CT molecular complexity index is 1140. The van der Waals surface area contributed by atoms with Crippen LogP contribution in [0.4, 0.5) is 0 Å². The molecular weight excluding hydrogens is 328 g/mol. The third-order valence-corrected chi connectivity index (χ3v) is 4.14.